The van der Waals surface area contributed by atoms with Gasteiger partial charge in [-0.1, -0.05) is 23.3 Å². The van der Waals surface area contributed by atoms with Crippen molar-refractivity contribution in [1.29, 1.82) is 0 Å². The molecule has 0 fully saturated rings. The summed E-state index contributed by atoms with van der Waals surface area (Å²) in [7, 11) is -17.7. The number of aromatic carboxylic acids is 1. The molecule has 0 amide bonds. The van der Waals surface area contributed by atoms with E-state index in [-0.39, 0.29) is 62.0 Å². The van der Waals surface area contributed by atoms with Crippen LogP contribution in [0.1, 0.15) is 84.7 Å². The van der Waals surface area contributed by atoms with Crippen LogP contribution in [0.4, 0.5) is 11.4 Å². The lowest BCUT2D eigenvalue weighted by Gasteiger charge is -2.30. The van der Waals surface area contributed by atoms with Crippen molar-refractivity contribution in [3.8, 4) is 0 Å². The summed E-state index contributed by atoms with van der Waals surface area (Å²) in [5.41, 5.74) is 0.0794. The smallest absolute Gasteiger partial charge is 0.338 e. The molecule has 26 heteroatoms. The number of hydrogen-bond donors (Lipinski definition) is 5. The number of anilines is 1. The van der Waals surface area contributed by atoms with E-state index in [1.54, 1.807) is 78.8 Å². The first kappa shape index (κ1) is 52.6. The molecule has 0 radical (unpaired) electrons. The van der Waals surface area contributed by atoms with E-state index < -0.39 is 92.9 Å². The molecule has 0 aliphatic carbocycles. The van der Waals surface area contributed by atoms with E-state index >= 15 is 0 Å². The standard InChI is InChI=1S/C38H48N2O19S5/c1-37(2)32(40(17-9-21-63(51,52)53)31-24-26(35(41)42)23-28(34(31)37)36(43)57-18-10-22-64(54,55)56)11-5-4-6-12-33-38(3,15-7-19-61(45,46)47)29-25-27(60-59-58-44)13-14-30(29)39(33)16-8-20-62(48,49)50/h4-6,11-14,23-25H,7-10,15-22H2,1-3H3,(H5-,41,42,44,45,46,47,48,49,50,51,52,53,54,55,56). The SMILES string of the molecule is CC1(C)C(/C=C/C=C/C=C2/N(CCCS(=O)(=O)[O-])c3ccc(SOOO)cc3C2(C)CCCS(=O)(=O)O)=[N+](CCCS(=O)(=O)O)c2cc(C(=O)O)cc(C(=O)OCCCS(=O)(=O)O)c21. The highest BCUT2D eigenvalue weighted by Gasteiger charge is 2.48. The van der Waals surface area contributed by atoms with Crippen LogP contribution in [0.3, 0.4) is 0 Å². The molecule has 1 atom stereocenters. The molecule has 4 rings (SSSR count). The number of rotatable bonds is 24. The lowest BCUT2D eigenvalue weighted by Crippen LogP contribution is -2.30. The van der Waals surface area contributed by atoms with Gasteiger partial charge in [-0.05, 0) is 82.4 Å². The Kier molecular flexibility index (Phi) is 17.3. The van der Waals surface area contributed by atoms with Crippen molar-refractivity contribution in [2.45, 2.75) is 68.6 Å². The second-order valence-electron chi connectivity index (χ2n) is 15.5. The number of carboxylic acid groups (broad SMARTS) is 1. The number of carbonyl (C=O) groups is 2. The number of nitrogens with zero attached hydrogens (tertiary/aromatic N) is 2. The Morgan fingerprint density at radius 1 is 0.844 bits per heavy atom. The maximum atomic E-state index is 13.5. The van der Waals surface area contributed by atoms with Gasteiger partial charge >= 0.3 is 11.9 Å². The third-order valence-corrected chi connectivity index (χ3v) is 14.2. The Morgan fingerprint density at radius 2 is 1.48 bits per heavy atom. The minimum atomic E-state index is -4.59. The second-order valence-corrected chi connectivity index (χ2v) is 22.5. The van der Waals surface area contributed by atoms with Crippen LogP contribution in [0.15, 0.2) is 71.3 Å². The van der Waals surface area contributed by atoms with Gasteiger partial charge in [-0.15, -0.1) is 4.33 Å². The summed E-state index contributed by atoms with van der Waals surface area (Å²) >= 11 is 0.665. The van der Waals surface area contributed by atoms with E-state index in [0.29, 0.717) is 45.2 Å². The van der Waals surface area contributed by atoms with E-state index in [0.717, 1.165) is 6.07 Å². The zero-order valence-electron chi connectivity index (χ0n) is 34.6. The molecule has 2 aromatic rings. The summed E-state index contributed by atoms with van der Waals surface area (Å²) in [6, 6.07) is 7.39. The monoisotopic (exact) mass is 996 g/mol. The first-order chi connectivity index (χ1) is 29.6. The Labute approximate surface area is 375 Å². The molecule has 0 saturated carbocycles. The maximum absolute atomic E-state index is 13.5. The number of carboxylic acids is 1. The lowest BCUT2D eigenvalue weighted by molar-refractivity contribution is -0.437. The highest BCUT2D eigenvalue weighted by molar-refractivity contribution is 7.94. The van der Waals surface area contributed by atoms with Crippen molar-refractivity contribution in [2.24, 2.45) is 0 Å². The van der Waals surface area contributed by atoms with Crippen molar-refractivity contribution >= 4 is 81.5 Å². The van der Waals surface area contributed by atoms with Crippen molar-refractivity contribution in [3.05, 3.63) is 88.7 Å². The highest BCUT2D eigenvalue weighted by atomic mass is 32.2. The number of carbonyl (C=O) groups excluding carboxylic acids is 1. The molecular formula is C38H48N2O19S5. The Bertz CT molecular complexity index is 2690. The molecule has 2 heterocycles. The lowest BCUT2D eigenvalue weighted by atomic mass is 9.77. The summed E-state index contributed by atoms with van der Waals surface area (Å²) < 4.78 is 143. The van der Waals surface area contributed by atoms with E-state index in [9.17, 15) is 62.0 Å². The van der Waals surface area contributed by atoms with Crippen LogP contribution in [0.5, 0.6) is 0 Å². The van der Waals surface area contributed by atoms with Gasteiger partial charge in [0, 0.05) is 52.6 Å². The molecule has 1 unspecified atom stereocenters. The average Bonchev–Trinajstić information content (AvgIpc) is 3.52. The van der Waals surface area contributed by atoms with Gasteiger partial charge in [0.05, 0.1) is 68.1 Å². The van der Waals surface area contributed by atoms with Gasteiger partial charge in [0.1, 0.15) is 6.54 Å². The first-order valence-corrected chi connectivity index (χ1v) is 26.4. The molecule has 5 N–H and O–H groups in total. The number of fused-ring (bicyclic) bond motifs is 2. The van der Waals surface area contributed by atoms with Gasteiger partial charge in [0.2, 0.25) is 5.69 Å². The third-order valence-electron chi connectivity index (χ3n) is 10.5. The highest BCUT2D eigenvalue weighted by Crippen LogP contribution is 2.52. The van der Waals surface area contributed by atoms with Gasteiger partial charge in [-0.2, -0.15) is 29.8 Å². The largest absolute Gasteiger partial charge is 0.748 e. The first-order valence-electron chi connectivity index (χ1n) is 19.2. The van der Waals surface area contributed by atoms with Crippen LogP contribution in [0, 0.1) is 0 Å². The van der Waals surface area contributed by atoms with E-state index in [1.807, 2.05) is 0 Å². The number of allylic oxidation sites excluding steroid dienone is 6. The van der Waals surface area contributed by atoms with Crippen molar-refractivity contribution < 1.29 is 90.5 Å². The van der Waals surface area contributed by atoms with E-state index in [2.05, 4.69) is 9.37 Å². The van der Waals surface area contributed by atoms with Gasteiger partial charge in [0.15, 0.2) is 5.71 Å². The van der Waals surface area contributed by atoms with Crippen LogP contribution in [0.25, 0.3) is 0 Å². The molecule has 2 aromatic carbocycles. The topological polar surface area (TPSA) is 329 Å². The minimum Gasteiger partial charge on any atom is -0.748 e. The third kappa shape index (κ3) is 14.2. The van der Waals surface area contributed by atoms with E-state index in [4.69, 9.17) is 14.5 Å². The molecule has 0 aromatic heterocycles. The predicted molar refractivity (Wildman–Crippen MR) is 232 cm³/mol. The molecule has 0 bridgehead atoms. The zero-order chi connectivity index (χ0) is 47.9. The van der Waals surface area contributed by atoms with Gasteiger partial charge in [0.25, 0.3) is 30.4 Å². The minimum absolute atomic E-state index is 0.0167. The fourth-order valence-electron chi connectivity index (χ4n) is 7.81. The predicted octanol–water partition coefficient (Wildman–Crippen LogP) is 4.28. The van der Waals surface area contributed by atoms with Gasteiger partial charge < -0.3 is 19.3 Å². The summed E-state index contributed by atoms with van der Waals surface area (Å²) in [4.78, 5) is 28.0. The Balaban J connectivity index is 1.82. The maximum Gasteiger partial charge on any atom is 0.338 e. The van der Waals surface area contributed by atoms with Crippen LogP contribution < -0.4 is 4.90 Å². The van der Waals surface area contributed by atoms with Crippen molar-refractivity contribution in [3.63, 3.8) is 0 Å². The number of esters is 1. The van der Waals surface area contributed by atoms with Gasteiger partial charge in [-0.25, -0.2) is 23.3 Å². The molecular weight excluding hydrogens is 949 g/mol. The fourth-order valence-corrected chi connectivity index (χ4v) is 10.2. The van der Waals surface area contributed by atoms with E-state index in [1.165, 1.54) is 6.07 Å². The molecule has 354 valence electrons. The summed E-state index contributed by atoms with van der Waals surface area (Å²) in [5.74, 6) is -5.02. The molecule has 2 aliphatic heterocycles. The fraction of sp³-hybridized carbons (Fsp3) is 0.447. The Hall–Kier alpha value is -4.06. The quantitative estimate of drug-likeness (QED) is 0.0143. The summed E-state index contributed by atoms with van der Waals surface area (Å²) in [6.45, 7) is 4.75. The Morgan fingerprint density at radius 3 is 2.09 bits per heavy atom. The normalized spacial score (nSPS) is 18.4. The molecule has 2 aliphatic rings. The summed E-state index contributed by atoms with van der Waals surface area (Å²) in [5, 5.41) is 22.4. The zero-order valence-corrected chi connectivity index (χ0v) is 38.7. The summed E-state index contributed by atoms with van der Waals surface area (Å²) in [6.07, 6.45) is 7.75. The molecule has 64 heavy (non-hydrogen) atoms. The average molecular weight is 997 g/mol. The molecule has 21 nitrogen and oxygen atoms in total. The molecule has 0 spiro atoms. The number of hydrogen-bond acceptors (Lipinski definition) is 17. The van der Waals surface area contributed by atoms with Gasteiger partial charge in [-0.3, -0.25) is 13.7 Å². The number of benzene rings is 2. The van der Waals surface area contributed by atoms with Crippen LogP contribution in [-0.2, 0) is 65.4 Å². The van der Waals surface area contributed by atoms with Crippen molar-refractivity contribution in [2.75, 3.05) is 47.6 Å². The van der Waals surface area contributed by atoms with Crippen LogP contribution in [-0.4, -0.2) is 127 Å². The van der Waals surface area contributed by atoms with Crippen LogP contribution >= 0.6 is 12.0 Å². The van der Waals surface area contributed by atoms with Crippen LogP contribution in [0.2, 0.25) is 0 Å². The molecule has 0 saturated heterocycles. The second kappa shape index (κ2) is 21.1. The van der Waals surface area contributed by atoms with Crippen molar-refractivity contribution in [1.82, 2.24) is 0 Å². The number of ether oxygens (including phenoxy) is 1.